The number of sulfonamides is 1. The molecule has 1 saturated carbocycles. The smallest absolute Gasteiger partial charge is 0.240 e. The molecule has 0 radical (unpaired) electrons. The van der Waals surface area contributed by atoms with Crippen LogP contribution in [0.1, 0.15) is 19.3 Å². The minimum atomic E-state index is -3.32. The Morgan fingerprint density at radius 2 is 1.81 bits per heavy atom. The highest BCUT2D eigenvalue weighted by Gasteiger charge is 2.24. The third kappa shape index (κ3) is 2.36. The van der Waals surface area contributed by atoms with Gasteiger partial charge in [0.2, 0.25) is 10.0 Å². The first kappa shape index (κ1) is 11.4. The molecule has 4 nitrogen and oxygen atoms in total. The minimum absolute atomic E-state index is 0.133. The Morgan fingerprint density at radius 1 is 1.19 bits per heavy atom. The molecule has 0 atom stereocenters. The molecule has 1 aromatic rings. The van der Waals surface area contributed by atoms with E-state index in [4.69, 9.17) is 0 Å². The van der Waals surface area contributed by atoms with Crippen LogP contribution in [0.5, 0.6) is 0 Å². The molecule has 2 N–H and O–H groups in total. The first-order valence-electron chi connectivity index (χ1n) is 5.42. The Kier molecular flexibility index (Phi) is 3.16. The van der Waals surface area contributed by atoms with E-state index in [1.807, 2.05) is 0 Å². The second-order valence-electron chi connectivity index (χ2n) is 4.02. The fourth-order valence-corrected chi connectivity index (χ4v) is 2.92. The van der Waals surface area contributed by atoms with E-state index < -0.39 is 10.0 Å². The third-order valence-electron chi connectivity index (χ3n) is 2.88. The second-order valence-corrected chi connectivity index (χ2v) is 5.74. The van der Waals surface area contributed by atoms with Crippen molar-refractivity contribution in [3.05, 3.63) is 24.3 Å². The minimum Gasteiger partial charge on any atom is -0.388 e. The Hall–Kier alpha value is -1.07. The van der Waals surface area contributed by atoms with Gasteiger partial charge in [0.15, 0.2) is 0 Å². The molecule has 1 aliphatic carbocycles. The predicted molar refractivity (Wildman–Crippen MR) is 63.9 cm³/mol. The summed E-state index contributed by atoms with van der Waals surface area (Å²) in [5.74, 6) is 0. The zero-order chi connectivity index (χ0) is 11.6. The highest BCUT2D eigenvalue weighted by molar-refractivity contribution is 7.89. The van der Waals surface area contributed by atoms with Crippen LogP contribution in [0.3, 0.4) is 0 Å². The average Bonchev–Trinajstić information content (AvgIpc) is 2.24. The first-order chi connectivity index (χ1) is 7.62. The molecule has 0 amide bonds. The van der Waals surface area contributed by atoms with Gasteiger partial charge in [0.1, 0.15) is 0 Å². The summed E-state index contributed by atoms with van der Waals surface area (Å²) in [6.07, 6.45) is 3.02. The van der Waals surface area contributed by atoms with Gasteiger partial charge < -0.3 is 5.32 Å². The summed E-state index contributed by atoms with van der Waals surface area (Å²) < 4.78 is 26.5. The summed E-state index contributed by atoms with van der Waals surface area (Å²) in [4.78, 5) is 0.332. The van der Waals surface area contributed by atoms with Crippen LogP contribution in [0.15, 0.2) is 29.2 Å². The molecule has 2 rings (SSSR count). The molecule has 16 heavy (non-hydrogen) atoms. The van der Waals surface area contributed by atoms with Crippen molar-refractivity contribution in [3.8, 4) is 0 Å². The summed E-state index contributed by atoms with van der Waals surface area (Å²) in [5.41, 5.74) is 0.905. The van der Waals surface area contributed by atoms with Gasteiger partial charge in [0, 0.05) is 18.8 Å². The fraction of sp³-hybridized carbons (Fsp3) is 0.455. The first-order valence-corrected chi connectivity index (χ1v) is 6.90. The molecule has 88 valence electrons. The molecule has 1 aromatic carbocycles. The van der Waals surface area contributed by atoms with Crippen molar-refractivity contribution in [3.63, 3.8) is 0 Å². The van der Waals surface area contributed by atoms with Crippen LogP contribution in [0.25, 0.3) is 0 Å². The summed E-state index contributed by atoms with van der Waals surface area (Å²) in [5, 5.41) is 2.95. The maximum absolute atomic E-state index is 11.9. The van der Waals surface area contributed by atoms with Crippen LogP contribution < -0.4 is 10.0 Å². The van der Waals surface area contributed by atoms with Crippen LogP contribution in [-0.4, -0.2) is 21.5 Å². The lowest BCUT2D eigenvalue weighted by atomic mass is 9.94. The zero-order valence-electron chi connectivity index (χ0n) is 9.23. The van der Waals surface area contributed by atoms with Gasteiger partial charge in [0.25, 0.3) is 0 Å². The third-order valence-corrected chi connectivity index (χ3v) is 4.42. The van der Waals surface area contributed by atoms with Crippen molar-refractivity contribution in [2.75, 3.05) is 12.4 Å². The SMILES string of the molecule is CNc1ccc(S(=O)(=O)NC2CCC2)cc1. The van der Waals surface area contributed by atoms with Gasteiger partial charge in [-0.15, -0.1) is 0 Å². The molecular weight excluding hydrogens is 224 g/mol. The molecular formula is C11H16N2O2S. The van der Waals surface area contributed by atoms with E-state index in [0.29, 0.717) is 4.90 Å². The Balaban J connectivity index is 2.14. The zero-order valence-corrected chi connectivity index (χ0v) is 10.0. The maximum Gasteiger partial charge on any atom is 0.240 e. The van der Waals surface area contributed by atoms with Gasteiger partial charge in [-0.05, 0) is 37.1 Å². The standard InChI is InChI=1S/C11H16N2O2S/c1-12-9-5-7-11(8-6-9)16(14,15)13-10-3-2-4-10/h5-8,10,12-13H,2-4H2,1H3. The van der Waals surface area contributed by atoms with Crippen LogP contribution >= 0.6 is 0 Å². The van der Waals surface area contributed by atoms with E-state index in [2.05, 4.69) is 10.0 Å². The molecule has 0 bridgehead atoms. The summed E-state index contributed by atoms with van der Waals surface area (Å²) in [7, 11) is -1.52. The fourth-order valence-electron chi connectivity index (χ4n) is 1.61. The Morgan fingerprint density at radius 3 is 2.25 bits per heavy atom. The summed E-state index contributed by atoms with van der Waals surface area (Å²) >= 11 is 0. The van der Waals surface area contributed by atoms with Crippen molar-refractivity contribution in [2.24, 2.45) is 0 Å². The molecule has 0 aliphatic heterocycles. The van der Waals surface area contributed by atoms with Gasteiger partial charge in [-0.25, -0.2) is 13.1 Å². The van der Waals surface area contributed by atoms with Crippen molar-refractivity contribution >= 4 is 15.7 Å². The molecule has 1 aliphatic rings. The van der Waals surface area contributed by atoms with E-state index >= 15 is 0 Å². The Labute approximate surface area is 96.1 Å². The second kappa shape index (κ2) is 4.43. The molecule has 0 saturated heterocycles. The van der Waals surface area contributed by atoms with Crippen LogP contribution in [0.4, 0.5) is 5.69 Å². The van der Waals surface area contributed by atoms with E-state index in [1.165, 1.54) is 0 Å². The van der Waals surface area contributed by atoms with Crippen molar-refractivity contribution in [1.29, 1.82) is 0 Å². The molecule has 0 heterocycles. The van der Waals surface area contributed by atoms with Gasteiger partial charge in [-0.3, -0.25) is 0 Å². The van der Waals surface area contributed by atoms with Gasteiger partial charge >= 0.3 is 0 Å². The predicted octanol–water partition coefficient (Wildman–Crippen LogP) is 1.56. The topological polar surface area (TPSA) is 58.2 Å². The van der Waals surface area contributed by atoms with Gasteiger partial charge in [-0.2, -0.15) is 0 Å². The Bertz CT molecular complexity index is 449. The number of hydrogen-bond donors (Lipinski definition) is 2. The van der Waals surface area contributed by atoms with Crippen molar-refractivity contribution < 1.29 is 8.42 Å². The van der Waals surface area contributed by atoms with E-state index in [1.54, 1.807) is 31.3 Å². The largest absolute Gasteiger partial charge is 0.388 e. The van der Waals surface area contributed by atoms with E-state index in [-0.39, 0.29) is 6.04 Å². The molecule has 0 aromatic heterocycles. The van der Waals surface area contributed by atoms with Crippen molar-refractivity contribution in [2.45, 2.75) is 30.2 Å². The lowest BCUT2D eigenvalue weighted by molar-refractivity contribution is 0.383. The maximum atomic E-state index is 11.9. The summed E-state index contributed by atoms with van der Waals surface area (Å²) in [6.45, 7) is 0. The molecule has 1 fully saturated rings. The van der Waals surface area contributed by atoms with Gasteiger partial charge in [-0.1, -0.05) is 6.42 Å². The number of anilines is 1. The van der Waals surface area contributed by atoms with Crippen LogP contribution in [-0.2, 0) is 10.0 Å². The average molecular weight is 240 g/mol. The molecule has 5 heteroatoms. The normalized spacial score (nSPS) is 16.8. The molecule has 0 unspecified atom stereocenters. The highest BCUT2D eigenvalue weighted by Crippen LogP contribution is 2.21. The highest BCUT2D eigenvalue weighted by atomic mass is 32.2. The van der Waals surface area contributed by atoms with Crippen LogP contribution in [0, 0.1) is 0 Å². The van der Waals surface area contributed by atoms with Crippen LogP contribution in [0.2, 0.25) is 0 Å². The summed E-state index contributed by atoms with van der Waals surface area (Å²) in [6, 6.07) is 6.89. The van der Waals surface area contributed by atoms with E-state index in [9.17, 15) is 8.42 Å². The number of rotatable bonds is 4. The molecule has 0 spiro atoms. The number of hydrogen-bond acceptors (Lipinski definition) is 3. The monoisotopic (exact) mass is 240 g/mol. The number of nitrogens with one attached hydrogen (secondary N) is 2. The quantitative estimate of drug-likeness (QED) is 0.839. The van der Waals surface area contributed by atoms with E-state index in [0.717, 1.165) is 24.9 Å². The van der Waals surface area contributed by atoms with Gasteiger partial charge in [0.05, 0.1) is 4.90 Å². The van der Waals surface area contributed by atoms with Crippen molar-refractivity contribution in [1.82, 2.24) is 4.72 Å². The lowest BCUT2D eigenvalue weighted by Crippen LogP contribution is -2.39. The number of benzene rings is 1. The lowest BCUT2D eigenvalue weighted by Gasteiger charge is -2.26.